The summed E-state index contributed by atoms with van der Waals surface area (Å²) in [5.41, 5.74) is 5.71. The van der Waals surface area contributed by atoms with E-state index in [2.05, 4.69) is 21.7 Å². The summed E-state index contributed by atoms with van der Waals surface area (Å²) < 4.78 is 31.8. The summed E-state index contributed by atoms with van der Waals surface area (Å²) in [6, 6.07) is 8.06. The Morgan fingerprint density at radius 2 is 2.10 bits per heavy atom. The molecule has 0 saturated heterocycles. The number of rotatable bonds is 4. The molecule has 6 nitrogen and oxygen atoms in total. The normalized spacial score (nSPS) is 10.8. The Bertz CT molecular complexity index is 728. The molecule has 0 atom stereocenters. The van der Waals surface area contributed by atoms with Gasteiger partial charge in [-0.3, -0.25) is 0 Å². The summed E-state index contributed by atoms with van der Waals surface area (Å²) in [4.78, 5) is 0.112. The topological polar surface area (TPSA) is 98.2 Å². The summed E-state index contributed by atoms with van der Waals surface area (Å²) in [7, 11) is -3.68. The second kappa shape index (κ2) is 6.34. The van der Waals surface area contributed by atoms with Crippen LogP contribution in [0, 0.1) is 11.8 Å². The fourth-order valence-electron chi connectivity index (χ4n) is 1.53. The van der Waals surface area contributed by atoms with Gasteiger partial charge in [0.15, 0.2) is 5.76 Å². The predicted octanol–water partition coefficient (Wildman–Crippen LogP) is 0.463. The second-order valence-corrected chi connectivity index (χ2v) is 5.54. The molecule has 0 aliphatic carbocycles. The number of nitrogens with two attached hydrogens (primary N) is 1. The van der Waals surface area contributed by atoms with Gasteiger partial charge in [-0.2, -0.15) is 0 Å². The summed E-state index contributed by atoms with van der Waals surface area (Å²) >= 11 is 0. The van der Waals surface area contributed by atoms with Crippen molar-refractivity contribution >= 4 is 10.0 Å². The molecule has 0 saturated carbocycles. The highest BCUT2D eigenvalue weighted by Crippen LogP contribution is 2.14. The number of sulfonamides is 1. The molecule has 1 heterocycles. The molecule has 104 valence electrons. The maximum Gasteiger partial charge on any atom is 0.242 e. The molecule has 1 aromatic heterocycles. The lowest BCUT2D eigenvalue weighted by Gasteiger charge is -2.07. The summed E-state index contributed by atoms with van der Waals surface area (Å²) in [5, 5.41) is 3.51. The fourth-order valence-corrected chi connectivity index (χ4v) is 2.68. The van der Waals surface area contributed by atoms with Gasteiger partial charge < -0.3 is 10.3 Å². The Kier molecular flexibility index (Phi) is 4.53. The van der Waals surface area contributed by atoms with Crippen LogP contribution in [0.15, 0.2) is 45.9 Å². The van der Waals surface area contributed by atoms with Gasteiger partial charge in [0.05, 0.1) is 24.2 Å². The first-order valence-corrected chi connectivity index (χ1v) is 7.29. The molecule has 0 fully saturated rings. The highest BCUT2D eigenvalue weighted by molar-refractivity contribution is 7.89. The van der Waals surface area contributed by atoms with Crippen molar-refractivity contribution in [3.05, 3.63) is 47.9 Å². The van der Waals surface area contributed by atoms with Crippen molar-refractivity contribution < 1.29 is 12.9 Å². The predicted molar refractivity (Wildman–Crippen MR) is 72.9 cm³/mol. The van der Waals surface area contributed by atoms with Crippen LogP contribution in [-0.2, 0) is 16.6 Å². The van der Waals surface area contributed by atoms with Crippen molar-refractivity contribution in [1.82, 2.24) is 9.88 Å². The third kappa shape index (κ3) is 3.45. The first-order valence-electron chi connectivity index (χ1n) is 5.80. The molecule has 0 unspecified atom stereocenters. The zero-order valence-corrected chi connectivity index (χ0v) is 11.4. The average Bonchev–Trinajstić information content (AvgIpc) is 2.97. The van der Waals surface area contributed by atoms with Crippen LogP contribution in [0.25, 0.3) is 0 Å². The van der Waals surface area contributed by atoms with Gasteiger partial charge in [0.1, 0.15) is 0 Å². The minimum Gasteiger partial charge on any atom is -0.360 e. The lowest BCUT2D eigenvalue weighted by Crippen LogP contribution is -2.23. The van der Waals surface area contributed by atoms with E-state index in [0.29, 0.717) is 11.3 Å². The number of benzene rings is 1. The monoisotopic (exact) mass is 291 g/mol. The molecule has 2 rings (SSSR count). The Balaban J connectivity index is 2.25. The first kappa shape index (κ1) is 14.3. The molecule has 0 spiro atoms. The van der Waals surface area contributed by atoms with Gasteiger partial charge in [0.25, 0.3) is 0 Å². The fraction of sp³-hybridized carbons (Fsp3) is 0.154. The van der Waals surface area contributed by atoms with E-state index in [0.717, 1.165) is 0 Å². The molecule has 0 radical (unpaired) electrons. The van der Waals surface area contributed by atoms with Crippen LogP contribution < -0.4 is 10.5 Å². The molecular formula is C13H13N3O3S. The molecule has 0 bridgehead atoms. The minimum atomic E-state index is -3.68. The number of hydrogen-bond acceptors (Lipinski definition) is 5. The smallest absolute Gasteiger partial charge is 0.242 e. The van der Waals surface area contributed by atoms with Crippen molar-refractivity contribution in [3.63, 3.8) is 0 Å². The summed E-state index contributed by atoms with van der Waals surface area (Å²) in [6.45, 7) is 0.195. The standard InChI is InChI=1S/C13H13N3O3S/c14-8-3-5-11-4-1-2-6-13(11)20(17,18)16-10-12-7-9-15-19-12/h1-2,4,6-7,9,16H,8,10,14H2. The molecule has 7 heteroatoms. The van der Waals surface area contributed by atoms with Crippen molar-refractivity contribution in [3.8, 4) is 11.8 Å². The Labute approximate surface area is 117 Å². The summed E-state index contributed by atoms with van der Waals surface area (Å²) in [5.74, 6) is 5.82. The molecule has 2 aromatic rings. The van der Waals surface area contributed by atoms with E-state index in [-0.39, 0.29) is 18.0 Å². The molecule has 20 heavy (non-hydrogen) atoms. The number of aromatic nitrogens is 1. The SMILES string of the molecule is NCC#Cc1ccccc1S(=O)(=O)NCc1ccno1. The van der Waals surface area contributed by atoms with E-state index < -0.39 is 10.0 Å². The van der Waals surface area contributed by atoms with E-state index in [1.165, 1.54) is 12.3 Å². The first-order chi connectivity index (χ1) is 9.63. The van der Waals surface area contributed by atoms with Gasteiger partial charge in [-0.1, -0.05) is 29.1 Å². The van der Waals surface area contributed by atoms with Gasteiger partial charge in [-0.15, -0.1) is 0 Å². The van der Waals surface area contributed by atoms with E-state index in [4.69, 9.17) is 10.3 Å². The van der Waals surface area contributed by atoms with Crippen LogP contribution >= 0.6 is 0 Å². The van der Waals surface area contributed by atoms with Crippen molar-refractivity contribution in [1.29, 1.82) is 0 Å². The maximum absolute atomic E-state index is 12.2. The van der Waals surface area contributed by atoms with Gasteiger partial charge in [-0.25, -0.2) is 13.1 Å². The molecule has 0 aliphatic rings. The maximum atomic E-state index is 12.2. The lowest BCUT2D eigenvalue weighted by atomic mass is 10.2. The Morgan fingerprint density at radius 3 is 2.80 bits per heavy atom. The Morgan fingerprint density at radius 1 is 1.30 bits per heavy atom. The number of hydrogen-bond donors (Lipinski definition) is 2. The van der Waals surface area contributed by atoms with Crippen LogP contribution in [-0.4, -0.2) is 20.1 Å². The highest BCUT2D eigenvalue weighted by Gasteiger charge is 2.17. The van der Waals surface area contributed by atoms with Crippen molar-refractivity contribution in [2.24, 2.45) is 5.73 Å². The third-order valence-electron chi connectivity index (χ3n) is 2.43. The van der Waals surface area contributed by atoms with Gasteiger partial charge in [-0.05, 0) is 12.1 Å². The van der Waals surface area contributed by atoms with Crippen LogP contribution in [0.2, 0.25) is 0 Å². The largest absolute Gasteiger partial charge is 0.360 e. The van der Waals surface area contributed by atoms with Crippen LogP contribution in [0.1, 0.15) is 11.3 Å². The number of nitrogens with zero attached hydrogens (tertiary/aromatic N) is 1. The highest BCUT2D eigenvalue weighted by atomic mass is 32.2. The summed E-state index contributed by atoms with van der Waals surface area (Å²) in [6.07, 6.45) is 1.45. The minimum absolute atomic E-state index is 0.0288. The zero-order chi connectivity index (χ0) is 14.4. The van der Waals surface area contributed by atoms with E-state index in [1.54, 1.807) is 24.3 Å². The second-order valence-electron chi connectivity index (χ2n) is 3.81. The van der Waals surface area contributed by atoms with Crippen molar-refractivity contribution in [2.45, 2.75) is 11.4 Å². The van der Waals surface area contributed by atoms with Crippen LogP contribution in [0.3, 0.4) is 0 Å². The van der Waals surface area contributed by atoms with Gasteiger partial charge in [0, 0.05) is 11.6 Å². The zero-order valence-electron chi connectivity index (χ0n) is 10.5. The third-order valence-corrected chi connectivity index (χ3v) is 3.89. The van der Waals surface area contributed by atoms with Crippen LogP contribution in [0.5, 0.6) is 0 Å². The molecule has 3 N–H and O–H groups in total. The molecule has 0 amide bonds. The van der Waals surface area contributed by atoms with E-state index >= 15 is 0 Å². The molecule has 1 aromatic carbocycles. The Hall–Kier alpha value is -2.14. The van der Waals surface area contributed by atoms with Crippen molar-refractivity contribution in [2.75, 3.05) is 6.54 Å². The van der Waals surface area contributed by atoms with E-state index in [9.17, 15) is 8.42 Å². The van der Waals surface area contributed by atoms with Crippen LogP contribution in [0.4, 0.5) is 0 Å². The van der Waals surface area contributed by atoms with Gasteiger partial charge >= 0.3 is 0 Å². The molecular weight excluding hydrogens is 278 g/mol. The number of nitrogens with one attached hydrogen (secondary N) is 1. The van der Waals surface area contributed by atoms with Gasteiger partial charge in [0.2, 0.25) is 10.0 Å². The molecule has 0 aliphatic heterocycles. The van der Waals surface area contributed by atoms with E-state index in [1.807, 2.05) is 0 Å². The average molecular weight is 291 g/mol. The lowest BCUT2D eigenvalue weighted by molar-refractivity contribution is 0.380. The quantitative estimate of drug-likeness (QED) is 0.798.